The summed E-state index contributed by atoms with van der Waals surface area (Å²) in [5, 5.41) is 4.51. The number of benzene rings is 1. The third kappa shape index (κ3) is 3.64. The molecule has 0 amide bonds. The van der Waals surface area contributed by atoms with Crippen LogP contribution in [0.3, 0.4) is 0 Å². The van der Waals surface area contributed by atoms with Crippen LogP contribution in [-0.4, -0.2) is 18.1 Å². The van der Waals surface area contributed by atoms with Gasteiger partial charge in [0.25, 0.3) is 0 Å². The Morgan fingerprint density at radius 3 is 2.76 bits per heavy atom. The number of hydrogen-bond acceptors (Lipinski definition) is 2. The average Bonchev–Trinajstić information content (AvgIpc) is 2.85. The van der Waals surface area contributed by atoms with Crippen molar-refractivity contribution in [3.05, 3.63) is 34.9 Å². The van der Waals surface area contributed by atoms with Crippen LogP contribution < -0.4 is 5.32 Å². The van der Waals surface area contributed by atoms with Crippen molar-refractivity contribution in [3.63, 3.8) is 0 Å². The quantitative estimate of drug-likeness (QED) is 0.862. The van der Waals surface area contributed by atoms with E-state index in [1.54, 1.807) is 0 Å². The molecule has 0 spiro atoms. The van der Waals surface area contributed by atoms with Gasteiger partial charge < -0.3 is 5.32 Å². The zero-order valence-electron chi connectivity index (χ0n) is 10.3. The molecule has 1 heterocycles. The Morgan fingerprint density at radius 2 is 2.18 bits per heavy atom. The molecule has 1 N–H and O–H groups in total. The van der Waals surface area contributed by atoms with Gasteiger partial charge in [0.05, 0.1) is 0 Å². The fourth-order valence-corrected chi connectivity index (χ4v) is 3.77. The average molecular weight is 270 g/mol. The van der Waals surface area contributed by atoms with Crippen LogP contribution in [0.15, 0.2) is 24.3 Å². The van der Waals surface area contributed by atoms with Gasteiger partial charge in [-0.1, -0.05) is 30.7 Å². The first-order chi connectivity index (χ1) is 8.31. The molecule has 0 radical (unpaired) electrons. The van der Waals surface area contributed by atoms with Crippen LogP contribution in [0.5, 0.6) is 0 Å². The molecule has 2 rings (SSSR count). The van der Waals surface area contributed by atoms with Gasteiger partial charge in [-0.3, -0.25) is 0 Å². The van der Waals surface area contributed by atoms with E-state index in [4.69, 9.17) is 11.6 Å². The molecule has 1 fully saturated rings. The minimum atomic E-state index is 0.502. The lowest BCUT2D eigenvalue weighted by Gasteiger charge is -2.24. The molecule has 1 nitrogen and oxygen atoms in total. The predicted molar refractivity (Wildman–Crippen MR) is 77.9 cm³/mol. The van der Waals surface area contributed by atoms with E-state index in [2.05, 4.69) is 36.1 Å². The van der Waals surface area contributed by atoms with Crippen molar-refractivity contribution in [2.75, 3.05) is 18.1 Å². The standard InChI is InChI=1S/C14H20ClNS/c1-2-8-16-14(12-7-9-17-10-12)11-3-5-13(15)6-4-11/h3-6,12,14,16H,2,7-10H2,1H3. The van der Waals surface area contributed by atoms with Crippen LogP contribution in [0.4, 0.5) is 0 Å². The smallest absolute Gasteiger partial charge is 0.0406 e. The molecule has 1 aromatic rings. The van der Waals surface area contributed by atoms with Gasteiger partial charge in [-0.2, -0.15) is 11.8 Å². The highest BCUT2D eigenvalue weighted by molar-refractivity contribution is 7.99. The lowest BCUT2D eigenvalue weighted by atomic mass is 9.92. The Morgan fingerprint density at radius 1 is 1.41 bits per heavy atom. The van der Waals surface area contributed by atoms with Crippen molar-refractivity contribution in [2.24, 2.45) is 5.92 Å². The van der Waals surface area contributed by atoms with E-state index in [-0.39, 0.29) is 0 Å². The van der Waals surface area contributed by atoms with Gasteiger partial charge in [-0.05, 0) is 54.5 Å². The third-order valence-electron chi connectivity index (χ3n) is 3.28. The number of hydrogen-bond donors (Lipinski definition) is 1. The fourth-order valence-electron chi connectivity index (χ4n) is 2.34. The molecule has 17 heavy (non-hydrogen) atoms. The van der Waals surface area contributed by atoms with Crippen LogP contribution in [-0.2, 0) is 0 Å². The Kier molecular flexibility index (Phi) is 5.20. The Bertz CT molecular complexity index is 333. The monoisotopic (exact) mass is 269 g/mol. The van der Waals surface area contributed by atoms with Crippen molar-refractivity contribution < 1.29 is 0 Å². The van der Waals surface area contributed by atoms with Crippen LogP contribution in [0.25, 0.3) is 0 Å². The summed E-state index contributed by atoms with van der Waals surface area (Å²) in [6.45, 7) is 3.31. The fraction of sp³-hybridized carbons (Fsp3) is 0.571. The van der Waals surface area contributed by atoms with Crippen LogP contribution >= 0.6 is 23.4 Å². The van der Waals surface area contributed by atoms with Gasteiger partial charge in [0.1, 0.15) is 0 Å². The van der Waals surface area contributed by atoms with Gasteiger partial charge >= 0.3 is 0 Å². The van der Waals surface area contributed by atoms with Gasteiger partial charge in [0.15, 0.2) is 0 Å². The van der Waals surface area contributed by atoms with Crippen molar-refractivity contribution in [1.29, 1.82) is 0 Å². The summed E-state index contributed by atoms with van der Waals surface area (Å²) in [5.74, 6) is 3.36. The van der Waals surface area contributed by atoms with Crippen molar-refractivity contribution in [3.8, 4) is 0 Å². The molecule has 1 aliphatic rings. The van der Waals surface area contributed by atoms with Crippen LogP contribution in [0.1, 0.15) is 31.4 Å². The predicted octanol–water partition coefficient (Wildman–Crippen LogP) is 4.13. The topological polar surface area (TPSA) is 12.0 Å². The highest BCUT2D eigenvalue weighted by atomic mass is 35.5. The molecule has 0 aliphatic carbocycles. The highest BCUT2D eigenvalue weighted by Gasteiger charge is 2.25. The van der Waals surface area contributed by atoms with Gasteiger partial charge in [-0.25, -0.2) is 0 Å². The summed E-state index contributed by atoms with van der Waals surface area (Å²) in [4.78, 5) is 0. The summed E-state index contributed by atoms with van der Waals surface area (Å²) in [6.07, 6.45) is 2.51. The molecule has 3 heteroatoms. The van der Waals surface area contributed by atoms with Crippen molar-refractivity contribution in [2.45, 2.75) is 25.8 Å². The van der Waals surface area contributed by atoms with E-state index in [1.165, 1.54) is 29.9 Å². The van der Waals surface area contributed by atoms with E-state index in [0.29, 0.717) is 6.04 Å². The normalized spacial score (nSPS) is 21.6. The maximum atomic E-state index is 5.96. The number of rotatable bonds is 5. The number of thioether (sulfide) groups is 1. The number of nitrogens with one attached hydrogen (secondary N) is 1. The zero-order chi connectivity index (χ0) is 12.1. The summed E-state index contributed by atoms with van der Waals surface area (Å²) < 4.78 is 0. The third-order valence-corrected chi connectivity index (χ3v) is 4.72. The van der Waals surface area contributed by atoms with Gasteiger partial charge in [-0.15, -0.1) is 0 Å². The molecule has 2 unspecified atom stereocenters. The summed E-state index contributed by atoms with van der Waals surface area (Å²) >= 11 is 8.03. The van der Waals surface area contributed by atoms with E-state index in [9.17, 15) is 0 Å². The Hall–Kier alpha value is -0.180. The maximum Gasteiger partial charge on any atom is 0.0406 e. The largest absolute Gasteiger partial charge is 0.310 e. The lowest BCUT2D eigenvalue weighted by Crippen LogP contribution is -2.29. The molecule has 1 aliphatic heterocycles. The van der Waals surface area contributed by atoms with E-state index < -0.39 is 0 Å². The summed E-state index contributed by atoms with van der Waals surface area (Å²) in [5.41, 5.74) is 1.38. The van der Waals surface area contributed by atoms with Gasteiger partial charge in [0.2, 0.25) is 0 Å². The molecule has 1 aromatic carbocycles. The molecule has 1 saturated heterocycles. The van der Waals surface area contributed by atoms with E-state index in [0.717, 1.165) is 17.5 Å². The van der Waals surface area contributed by atoms with Crippen molar-refractivity contribution in [1.82, 2.24) is 5.32 Å². The zero-order valence-corrected chi connectivity index (χ0v) is 11.9. The molecule has 94 valence electrons. The molecule has 0 saturated carbocycles. The van der Waals surface area contributed by atoms with E-state index in [1.807, 2.05) is 12.1 Å². The Labute approximate surface area is 113 Å². The number of halogens is 1. The summed E-state index contributed by atoms with van der Waals surface area (Å²) in [6, 6.07) is 8.83. The molecular formula is C14H20ClNS. The van der Waals surface area contributed by atoms with Gasteiger partial charge in [0, 0.05) is 11.1 Å². The first-order valence-corrected chi connectivity index (χ1v) is 7.91. The van der Waals surface area contributed by atoms with Crippen LogP contribution in [0.2, 0.25) is 5.02 Å². The maximum absolute atomic E-state index is 5.96. The van der Waals surface area contributed by atoms with Crippen molar-refractivity contribution >= 4 is 23.4 Å². The first-order valence-electron chi connectivity index (χ1n) is 6.38. The SMILES string of the molecule is CCCNC(c1ccc(Cl)cc1)C1CCSC1. The second kappa shape index (κ2) is 6.67. The lowest BCUT2D eigenvalue weighted by molar-refractivity contribution is 0.394. The minimum Gasteiger partial charge on any atom is -0.310 e. The minimum absolute atomic E-state index is 0.502. The second-order valence-electron chi connectivity index (χ2n) is 4.61. The first kappa shape index (κ1) is 13.3. The molecule has 2 atom stereocenters. The molecular weight excluding hydrogens is 250 g/mol. The molecule has 0 aromatic heterocycles. The van der Waals surface area contributed by atoms with Crippen LogP contribution in [0, 0.1) is 5.92 Å². The van der Waals surface area contributed by atoms with E-state index >= 15 is 0 Å². The highest BCUT2D eigenvalue weighted by Crippen LogP contribution is 2.34. The molecule has 0 bridgehead atoms. The summed E-state index contributed by atoms with van der Waals surface area (Å²) in [7, 11) is 0. The Balaban J connectivity index is 2.10. The second-order valence-corrected chi connectivity index (χ2v) is 6.19.